The Morgan fingerprint density at radius 1 is 1.35 bits per heavy atom. The molecule has 1 aliphatic rings. The van der Waals surface area contributed by atoms with E-state index >= 15 is 0 Å². The van der Waals surface area contributed by atoms with E-state index < -0.39 is 0 Å². The minimum absolute atomic E-state index is 0.490. The first-order chi connectivity index (χ1) is 8.31. The third-order valence-electron chi connectivity index (χ3n) is 2.37. The molecule has 0 bridgehead atoms. The normalized spacial score (nSPS) is 14.8. The summed E-state index contributed by atoms with van der Waals surface area (Å²) in [6.45, 7) is 4.02. The fraction of sp³-hybridized carbons (Fsp3) is 0.500. The van der Waals surface area contributed by atoms with Crippen LogP contribution in [0, 0.1) is 0 Å². The molecule has 2 rings (SSSR count). The van der Waals surface area contributed by atoms with E-state index in [0.717, 1.165) is 38.2 Å². The van der Waals surface area contributed by atoms with Gasteiger partial charge >= 0.3 is 0 Å². The van der Waals surface area contributed by atoms with E-state index in [9.17, 15) is 4.79 Å². The van der Waals surface area contributed by atoms with Gasteiger partial charge in [-0.15, -0.1) is 0 Å². The van der Waals surface area contributed by atoms with E-state index in [1.54, 1.807) is 12.3 Å². The topological polar surface area (TPSA) is 57.3 Å². The quantitative estimate of drug-likeness (QED) is 0.715. The van der Waals surface area contributed by atoms with Crippen LogP contribution in [0.25, 0.3) is 0 Å². The highest BCUT2D eigenvalue weighted by molar-refractivity contribution is 5.72. The van der Waals surface area contributed by atoms with Crippen molar-refractivity contribution in [2.75, 3.05) is 45.2 Å². The molecule has 0 unspecified atom stereocenters. The van der Waals surface area contributed by atoms with Crippen molar-refractivity contribution >= 4 is 12.0 Å². The van der Waals surface area contributed by atoms with Crippen molar-refractivity contribution in [3.05, 3.63) is 24.0 Å². The van der Waals surface area contributed by atoms with Gasteiger partial charge in [-0.1, -0.05) is 0 Å². The number of pyridine rings is 1. The summed E-state index contributed by atoms with van der Waals surface area (Å²) in [5.41, 5.74) is 1.58. The predicted molar refractivity (Wildman–Crippen MR) is 69.7 cm³/mol. The van der Waals surface area contributed by atoms with Crippen molar-refractivity contribution in [1.82, 2.24) is 15.6 Å². The molecule has 5 heteroatoms. The second-order valence-electron chi connectivity index (χ2n) is 3.80. The van der Waals surface area contributed by atoms with Gasteiger partial charge in [0.2, 0.25) is 0 Å². The zero-order chi connectivity index (χ0) is 12.5. The number of hydrogen-bond donors (Lipinski definition) is 2. The molecule has 0 aromatic carbocycles. The van der Waals surface area contributed by atoms with Gasteiger partial charge in [-0.2, -0.15) is 0 Å². The number of aldehydes is 1. The maximum atomic E-state index is 10.4. The monoisotopic (exact) mass is 236 g/mol. The number of carbonyl (C=O) groups is 1. The molecule has 2 N–H and O–H groups in total. The van der Waals surface area contributed by atoms with Crippen molar-refractivity contribution < 1.29 is 4.79 Å². The minimum atomic E-state index is 0.490. The van der Waals surface area contributed by atoms with E-state index in [2.05, 4.69) is 20.5 Å². The summed E-state index contributed by atoms with van der Waals surface area (Å²) in [5, 5.41) is 6.04. The van der Waals surface area contributed by atoms with Crippen LogP contribution < -0.4 is 15.5 Å². The highest BCUT2D eigenvalue weighted by Gasteiger charge is 2.09. The van der Waals surface area contributed by atoms with E-state index in [0.29, 0.717) is 5.69 Å². The van der Waals surface area contributed by atoms with E-state index in [4.69, 9.17) is 0 Å². The fourth-order valence-electron chi connectivity index (χ4n) is 1.58. The van der Waals surface area contributed by atoms with Crippen LogP contribution >= 0.6 is 0 Å². The van der Waals surface area contributed by atoms with E-state index in [-0.39, 0.29) is 0 Å². The first-order valence-corrected chi connectivity index (χ1v) is 5.77. The summed E-state index contributed by atoms with van der Waals surface area (Å²) in [4.78, 5) is 16.7. The lowest BCUT2D eigenvalue weighted by Gasteiger charge is -2.29. The molecule has 0 radical (unpaired) electrons. The molecule has 1 aliphatic heterocycles. The zero-order valence-corrected chi connectivity index (χ0v) is 10.4. The number of carbonyl (C=O) groups excluding carboxylic acids is 1. The van der Waals surface area contributed by atoms with Crippen LogP contribution in [0.4, 0.5) is 5.69 Å². The Kier molecular flexibility index (Phi) is 6.21. The first kappa shape index (κ1) is 13.6. The Morgan fingerprint density at radius 3 is 2.47 bits per heavy atom. The zero-order valence-electron chi connectivity index (χ0n) is 10.4. The maximum Gasteiger partial charge on any atom is 0.168 e. The van der Waals surface area contributed by atoms with Gasteiger partial charge in [0.1, 0.15) is 5.69 Å². The standard InChI is InChI=1S/C10H13N3O.C2H7N/c14-8-9-1-2-10(7-12-9)13-5-3-11-4-6-13;1-3-2/h1-2,7-8,11H,3-6H2;3H,1-2H3. The van der Waals surface area contributed by atoms with Crippen LogP contribution in [0.5, 0.6) is 0 Å². The van der Waals surface area contributed by atoms with Crippen LogP contribution in [0.2, 0.25) is 0 Å². The molecule has 17 heavy (non-hydrogen) atoms. The van der Waals surface area contributed by atoms with Gasteiger partial charge in [0, 0.05) is 26.2 Å². The maximum absolute atomic E-state index is 10.4. The van der Waals surface area contributed by atoms with Crippen molar-refractivity contribution in [1.29, 1.82) is 0 Å². The molecule has 1 fully saturated rings. The lowest BCUT2D eigenvalue weighted by atomic mass is 10.3. The van der Waals surface area contributed by atoms with Crippen LogP contribution in [0.15, 0.2) is 18.3 Å². The van der Waals surface area contributed by atoms with Gasteiger partial charge in [0.05, 0.1) is 11.9 Å². The molecule has 0 atom stereocenters. The molecule has 1 aromatic rings. The molecule has 1 saturated heterocycles. The SMILES string of the molecule is CNC.O=Cc1ccc(N2CCNCC2)cn1. The molecular formula is C12H20N4O. The summed E-state index contributed by atoms with van der Waals surface area (Å²) >= 11 is 0. The number of anilines is 1. The van der Waals surface area contributed by atoms with Crippen LogP contribution in [0.3, 0.4) is 0 Å². The Morgan fingerprint density at radius 2 is 2.00 bits per heavy atom. The fourth-order valence-corrected chi connectivity index (χ4v) is 1.58. The van der Waals surface area contributed by atoms with Crippen molar-refractivity contribution in [2.24, 2.45) is 0 Å². The number of nitrogens with zero attached hydrogens (tertiary/aromatic N) is 2. The molecule has 1 aromatic heterocycles. The molecule has 0 spiro atoms. The van der Waals surface area contributed by atoms with Crippen molar-refractivity contribution in [3.8, 4) is 0 Å². The Hall–Kier alpha value is -1.46. The average molecular weight is 236 g/mol. The van der Waals surface area contributed by atoms with E-state index in [1.807, 2.05) is 20.2 Å². The lowest BCUT2D eigenvalue weighted by Crippen LogP contribution is -2.43. The summed E-state index contributed by atoms with van der Waals surface area (Å²) in [6.07, 6.45) is 2.52. The third kappa shape index (κ3) is 4.50. The van der Waals surface area contributed by atoms with Crippen molar-refractivity contribution in [3.63, 3.8) is 0 Å². The number of piperazine rings is 1. The Bertz CT molecular complexity index is 320. The van der Waals surface area contributed by atoms with Crippen LogP contribution in [0.1, 0.15) is 10.5 Å². The van der Waals surface area contributed by atoms with Gasteiger partial charge in [0.25, 0.3) is 0 Å². The van der Waals surface area contributed by atoms with Gasteiger partial charge in [-0.25, -0.2) is 0 Å². The number of rotatable bonds is 2. The molecule has 0 aliphatic carbocycles. The smallest absolute Gasteiger partial charge is 0.168 e. The van der Waals surface area contributed by atoms with E-state index in [1.165, 1.54) is 0 Å². The summed E-state index contributed by atoms with van der Waals surface area (Å²) in [5.74, 6) is 0. The van der Waals surface area contributed by atoms with Crippen molar-refractivity contribution in [2.45, 2.75) is 0 Å². The molecule has 5 nitrogen and oxygen atoms in total. The third-order valence-corrected chi connectivity index (χ3v) is 2.37. The largest absolute Gasteiger partial charge is 0.368 e. The second kappa shape index (κ2) is 7.76. The average Bonchev–Trinajstić information content (AvgIpc) is 2.41. The molecule has 0 amide bonds. The summed E-state index contributed by atoms with van der Waals surface area (Å²) < 4.78 is 0. The number of hydrogen-bond acceptors (Lipinski definition) is 5. The van der Waals surface area contributed by atoms with Crippen LogP contribution in [-0.4, -0.2) is 51.5 Å². The predicted octanol–water partition coefficient (Wildman–Crippen LogP) is 0.139. The number of nitrogens with one attached hydrogen (secondary N) is 2. The molecular weight excluding hydrogens is 216 g/mol. The van der Waals surface area contributed by atoms with Gasteiger partial charge in [0.15, 0.2) is 6.29 Å². The molecule has 94 valence electrons. The number of aromatic nitrogens is 1. The van der Waals surface area contributed by atoms with Gasteiger partial charge in [-0.05, 0) is 26.2 Å². The first-order valence-electron chi connectivity index (χ1n) is 5.77. The lowest BCUT2D eigenvalue weighted by molar-refractivity contribution is 0.111. The highest BCUT2D eigenvalue weighted by Crippen LogP contribution is 2.12. The summed E-state index contributed by atoms with van der Waals surface area (Å²) in [6, 6.07) is 3.70. The van der Waals surface area contributed by atoms with Gasteiger partial charge in [-0.3, -0.25) is 9.78 Å². The second-order valence-corrected chi connectivity index (χ2v) is 3.80. The molecule has 0 saturated carbocycles. The minimum Gasteiger partial charge on any atom is -0.368 e. The van der Waals surface area contributed by atoms with Crippen LogP contribution in [-0.2, 0) is 0 Å². The molecule has 2 heterocycles. The summed E-state index contributed by atoms with van der Waals surface area (Å²) in [7, 11) is 3.75. The Balaban J connectivity index is 0.000000437. The van der Waals surface area contributed by atoms with Gasteiger partial charge < -0.3 is 15.5 Å². The Labute approximate surface area is 102 Å². The highest BCUT2D eigenvalue weighted by atomic mass is 16.1.